The molecule has 2 nitrogen and oxygen atoms in total. The van der Waals surface area contributed by atoms with Crippen LogP contribution in [0.15, 0.2) is 71.1 Å². The van der Waals surface area contributed by atoms with Crippen molar-refractivity contribution in [1.82, 2.24) is 0 Å². The van der Waals surface area contributed by atoms with Crippen LogP contribution in [0.25, 0.3) is 6.08 Å². The molecule has 22 heavy (non-hydrogen) atoms. The molecule has 0 aliphatic heterocycles. The highest BCUT2D eigenvalue weighted by molar-refractivity contribution is 7.85. The van der Waals surface area contributed by atoms with Gasteiger partial charge in [0.05, 0.1) is 10.5 Å². The molecule has 3 heteroatoms. The van der Waals surface area contributed by atoms with Gasteiger partial charge < -0.3 is 0 Å². The Labute approximate surface area is 135 Å². The molecule has 2 rings (SSSR count). The molecule has 0 aliphatic rings. The summed E-state index contributed by atoms with van der Waals surface area (Å²) >= 11 is 0. The van der Waals surface area contributed by atoms with Crippen molar-refractivity contribution in [2.75, 3.05) is 0 Å². The molecule has 0 spiro atoms. The van der Waals surface area contributed by atoms with Crippen molar-refractivity contribution in [1.29, 1.82) is 0 Å². The molecule has 2 aromatic rings. The lowest BCUT2D eigenvalue weighted by Crippen LogP contribution is -2.20. The molecular formula is C19H21NOS. The van der Waals surface area contributed by atoms with Crippen LogP contribution in [0.4, 0.5) is 0 Å². The Balaban J connectivity index is 2.37. The largest absolute Gasteiger partial charge is 0.234 e. The summed E-state index contributed by atoms with van der Waals surface area (Å²) in [6.07, 6.45) is 3.92. The smallest absolute Gasteiger partial charge is 0.145 e. The number of nitrogens with zero attached hydrogens (tertiary/aromatic N) is 1. The summed E-state index contributed by atoms with van der Waals surface area (Å²) in [5.41, 5.74) is 2.79. The maximum absolute atomic E-state index is 12.3. The van der Waals surface area contributed by atoms with Crippen LogP contribution in [-0.4, -0.2) is 14.7 Å². The highest BCUT2D eigenvalue weighted by Gasteiger charge is 2.19. The molecule has 0 heterocycles. The van der Waals surface area contributed by atoms with Gasteiger partial charge in [-0.3, -0.25) is 0 Å². The SMILES string of the molecule is CC(C)(C)[S@](=O)N=C(C=Cc1ccccc1)c1ccccc1. The van der Waals surface area contributed by atoms with Gasteiger partial charge in [0, 0.05) is 5.56 Å². The van der Waals surface area contributed by atoms with Gasteiger partial charge in [-0.2, -0.15) is 4.40 Å². The van der Waals surface area contributed by atoms with Crippen molar-refractivity contribution in [3.05, 3.63) is 77.9 Å². The van der Waals surface area contributed by atoms with Gasteiger partial charge in [-0.15, -0.1) is 0 Å². The van der Waals surface area contributed by atoms with Gasteiger partial charge in [-0.25, -0.2) is 4.21 Å². The fourth-order valence-electron chi connectivity index (χ4n) is 1.75. The van der Waals surface area contributed by atoms with Gasteiger partial charge in [0.1, 0.15) is 11.0 Å². The number of hydrogen-bond acceptors (Lipinski definition) is 1. The normalized spacial score (nSPS) is 14.2. The summed E-state index contributed by atoms with van der Waals surface area (Å²) in [7, 11) is -1.29. The summed E-state index contributed by atoms with van der Waals surface area (Å²) < 4.78 is 16.4. The molecule has 0 bridgehead atoms. The molecule has 0 aliphatic carbocycles. The first-order valence-corrected chi connectivity index (χ1v) is 8.37. The van der Waals surface area contributed by atoms with Gasteiger partial charge in [0.15, 0.2) is 0 Å². The fourth-order valence-corrected chi connectivity index (χ4v) is 2.37. The van der Waals surface area contributed by atoms with Crippen LogP contribution < -0.4 is 0 Å². The number of benzene rings is 2. The minimum absolute atomic E-state index is 0.374. The van der Waals surface area contributed by atoms with Crippen LogP contribution >= 0.6 is 0 Å². The summed E-state index contributed by atoms with van der Waals surface area (Å²) in [6.45, 7) is 5.78. The second-order valence-electron chi connectivity index (χ2n) is 5.95. The molecule has 0 fully saturated rings. The zero-order valence-corrected chi connectivity index (χ0v) is 14.0. The molecule has 1 atom stereocenters. The summed E-state index contributed by atoms with van der Waals surface area (Å²) in [5.74, 6) is 0. The van der Waals surface area contributed by atoms with Crippen molar-refractivity contribution in [2.45, 2.75) is 25.5 Å². The van der Waals surface area contributed by atoms with Crippen molar-refractivity contribution < 1.29 is 4.21 Å². The third kappa shape index (κ3) is 4.78. The Kier molecular flexibility index (Phi) is 5.45. The lowest BCUT2D eigenvalue weighted by atomic mass is 10.1. The predicted molar refractivity (Wildman–Crippen MR) is 96.4 cm³/mol. The minimum atomic E-state index is -1.29. The van der Waals surface area contributed by atoms with Crippen molar-refractivity contribution >= 4 is 22.8 Å². The molecule has 0 saturated carbocycles. The average Bonchev–Trinajstić information content (AvgIpc) is 2.52. The maximum Gasteiger partial charge on any atom is 0.145 e. The van der Waals surface area contributed by atoms with Gasteiger partial charge >= 0.3 is 0 Å². The van der Waals surface area contributed by atoms with Gasteiger partial charge in [0.25, 0.3) is 0 Å². The zero-order valence-electron chi connectivity index (χ0n) is 13.2. The van der Waals surface area contributed by atoms with E-state index in [1.807, 2.05) is 93.6 Å². The molecule has 0 aromatic heterocycles. The average molecular weight is 311 g/mol. The van der Waals surface area contributed by atoms with Crippen LogP contribution in [-0.2, 0) is 11.0 Å². The van der Waals surface area contributed by atoms with Crippen LogP contribution in [0.2, 0.25) is 0 Å². The quantitative estimate of drug-likeness (QED) is 0.756. The predicted octanol–water partition coefficient (Wildman–Crippen LogP) is 4.65. The Morgan fingerprint density at radius 2 is 1.50 bits per heavy atom. The van der Waals surface area contributed by atoms with Crippen LogP contribution in [0.3, 0.4) is 0 Å². The number of allylic oxidation sites excluding steroid dienone is 1. The monoisotopic (exact) mass is 311 g/mol. The van der Waals surface area contributed by atoms with Crippen LogP contribution in [0, 0.1) is 0 Å². The van der Waals surface area contributed by atoms with Crippen LogP contribution in [0.1, 0.15) is 31.9 Å². The highest BCUT2D eigenvalue weighted by atomic mass is 32.2. The molecule has 0 unspecified atom stereocenters. The van der Waals surface area contributed by atoms with Gasteiger partial charge in [-0.1, -0.05) is 66.7 Å². The van der Waals surface area contributed by atoms with Crippen molar-refractivity contribution in [3.8, 4) is 0 Å². The van der Waals surface area contributed by atoms with E-state index in [0.29, 0.717) is 0 Å². The third-order valence-electron chi connectivity index (χ3n) is 3.01. The van der Waals surface area contributed by atoms with E-state index in [-0.39, 0.29) is 4.75 Å². The van der Waals surface area contributed by atoms with E-state index in [0.717, 1.165) is 16.8 Å². The molecule has 0 radical (unpaired) electrons. The Bertz CT molecular complexity index is 682. The van der Waals surface area contributed by atoms with Crippen LogP contribution in [0.5, 0.6) is 0 Å². The molecule has 0 N–H and O–H groups in total. The molecular weight excluding hydrogens is 290 g/mol. The Morgan fingerprint density at radius 3 is 2.05 bits per heavy atom. The lowest BCUT2D eigenvalue weighted by Gasteiger charge is -2.14. The lowest BCUT2D eigenvalue weighted by molar-refractivity contribution is 0.650. The first-order valence-electron chi connectivity index (χ1n) is 7.26. The van der Waals surface area contributed by atoms with Gasteiger partial charge in [0.2, 0.25) is 0 Å². The fraction of sp³-hybridized carbons (Fsp3) is 0.211. The first kappa shape index (κ1) is 16.4. The van der Waals surface area contributed by atoms with E-state index >= 15 is 0 Å². The molecule has 114 valence electrons. The van der Waals surface area contributed by atoms with E-state index in [4.69, 9.17) is 0 Å². The second kappa shape index (κ2) is 7.32. The summed E-state index contributed by atoms with van der Waals surface area (Å²) in [6, 6.07) is 19.9. The van der Waals surface area contributed by atoms with Crippen molar-refractivity contribution in [3.63, 3.8) is 0 Å². The van der Waals surface area contributed by atoms with E-state index in [1.54, 1.807) is 0 Å². The highest BCUT2D eigenvalue weighted by Crippen LogP contribution is 2.15. The third-order valence-corrected chi connectivity index (χ3v) is 4.42. The topological polar surface area (TPSA) is 29.4 Å². The standard InChI is InChI=1S/C19H21NOS/c1-19(2,3)22(21)20-18(17-12-8-5-9-13-17)15-14-16-10-6-4-7-11-16/h4-15H,1-3H3/t22-/m0/s1. The molecule has 2 aromatic carbocycles. The minimum Gasteiger partial charge on any atom is -0.234 e. The van der Waals surface area contributed by atoms with Gasteiger partial charge in [-0.05, 0) is 32.4 Å². The molecule has 0 amide bonds. The Hall–Kier alpha value is -2.00. The number of hydrogen-bond donors (Lipinski definition) is 0. The first-order chi connectivity index (χ1) is 10.5. The van der Waals surface area contributed by atoms with E-state index in [2.05, 4.69) is 4.40 Å². The maximum atomic E-state index is 12.3. The Morgan fingerprint density at radius 1 is 0.955 bits per heavy atom. The zero-order chi connectivity index (χ0) is 16.0. The van der Waals surface area contributed by atoms with E-state index < -0.39 is 11.0 Å². The summed E-state index contributed by atoms with van der Waals surface area (Å²) in [4.78, 5) is 0. The van der Waals surface area contributed by atoms with Crippen molar-refractivity contribution in [2.24, 2.45) is 4.40 Å². The summed E-state index contributed by atoms with van der Waals surface area (Å²) in [5, 5.41) is 0. The molecule has 0 saturated heterocycles. The van der Waals surface area contributed by atoms with E-state index in [1.165, 1.54) is 0 Å². The second-order valence-corrected chi connectivity index (χ2v) is 7.85. The number of rotatable bonds is 4. The van der Waals surface area contributed by atoms with E-state index in [9.17, 15) is 4.21 Å².